The molecule has 2 N–H and O–H groups in total. The van der Waals surface area contributed by atoms with Crippen LogP contribution in [0.5, 0.6) is 0 Å². The molecule has 2 aromatic rings. The first-order valence-electron chi connectivity index (χ1n) is 6.60. The summed E-state index contributed by atoms with van der Waals surface area (Å²) in [5.74, 6) is -1.02. The summed E-state index contributed by atoms with van der Waals surface area (Å²) in [6.45, 7) is 1.72. The Kier molecular flexibility index (Phi) is 3.05. The molecule has 0 bridgehead atoms. The van der Waals surface area contributed by atoms with E-state index in [0.717, 1.165) is 16.7 Å². The lowest BCUT2D eigenvalue weighted by atomic mass is 10.2. The number of halogens is 1. The highest BCUT2D eigenvalue weighted by Crippen LogP contribution is 2.36. The summed E-state index contributed by atoms with van der Waals surface area (Å²) in [5, 5.41) is -0.0650. The number of nitrogens with zero attached hydrogens (tertiary/aromatic N) is 1. The van der Waals surface area contributed by atoms with Crippen molar-refractivity contribution in [3.63, 3.8) is 0 Å². The fourth-order valence-corrected chi connectivity index (χ4v) is 3.73. The van der Waals surface area contributed by atoms with Gasteiger partial charge < -0.3 is 4.98 Å². The molecule has 0 unspecified atom stereocenters. The average Bonchev–Trinajstić information content (AvgIpc) is 3.11. The zero-order valence-corrected chi connectivity index (χ0v) is 12.8. The largest absolute Gasteiger partial charge is 0.328 e. The van der Waals surface area contributed by atoms with Crippen LogP contribution in [0.1, 0.15) is 19.8 Å². The number of fused-ring (bicyclic) bond motifs is 1. The molecule has 7 nitrogen and oxygen atoms in total. The molecule has 0 amide bonds. The SMILES string of the molecule is Cn1c(=O)[nH]c2cc(F)c(S(=O)(=O)NC3(C)CC3)cc2c1=O. The smallest absolute Gasteiger partial charge is 0.307 e. The van der Waals surface area contributed by atoms with Crippen molar-refractivity contribution >= 4 is 20.9 Å². The van der Waals surface area contributed by atoms with Gasteiger partial charge in [-0.05, 0) is 31.9 Å². The summed E-state index contributed by atoms with van der Waals surface area (Å²) in [6, 6.07) is 1.80. The molecule has 1 aliphatic rings. The molecule has 0 saturated heterocycles. The summed E-state index contributed by atoms with van der Waals surface area (Å²) < 4.78 is 41.9. The number of aromatic amines is 1. The van der Waals surface area contributed by atoms with E-state index in [0.29, 0.717) is 12.8 Å². The van der Waals surface area contributed by atoms with Gasteiger partial charge in [0.15, 0.2) is 0 Å². The highest BCUT2D eigenvalue weighted by molar-refractivity contribution is 7.89. The van der Waals surface area contributed by atoms with E-state index in [1.165, 1.54) is 7.05 Å². The van der Waals surface area contributed by atoms with Crippen LogP contribution in [0, 0.1) is 5.82 Å². The first kappa shape index (κ1) is 14.9. The Balaban J connectivity index is 2.25. The molecular weight excluding hydrogens is 313 g/mol. The van der Waals surface area contributed by atoms with Gasteiger partial charge in [-0.3, -0.25) is 9.36 Å². The Morgan fingerprint density at radius 3 is 2.55 bits per heavy atom. The lowest BCUT2D eigenvalue weighted by Gasteiger charge is -2.13. The van der Waals surface area contributed by atoms with E-state index in [9.17, 15) is 22.4 Å². The third-order valence-electron chi connectivity index (χ3n) is 3.82. The fourth-order valence-electron chi connectivity index (χ4n) is 2.18. The van der Waals surface area contributed by atoms with Crippen molar-refractivity contribution in [2.75, 3.05) is 0 Å². The van der Waals surface area contributed by atoms with E-state index < -0.39 is 37.5 Å². The molecular formula is C13H14FN3O4S. The van der Waals surface area contributed by atoms with Gasteiger partial charge in [-0.1, -0.05) is 0 Å². The van der Waals surface area contributed by atoms with Crippen molar-refractivity contribution in [2.45, 2.75) is 30.2 Å². The fraction of sp³-hybridized carbons (Fsp3) is 0.385. The molecule has 1 fully saturated rings. The third-order valence-corrected chi connectivity index (χ3v) is 5.48. The molecule has 3 rings (SSSR count). The molecule has 0 aliphatic heterocycles. The van der Waals surface area contributed by atoms with E-state index in [4.69, 9.17) is 0 Å². The Morgan fingerprint density at radius 2 is 1.95 bits per heavy atom. The Morgan fingerprint density at radius 1 is 1.32 bits per heavy atom. The van der Waals surface area contributed by atoms with Gasteiger partial charge in [0.25, 0.3) is 5.56 Å². The minimum absolute atomic E-state index is 0.0396. The van der Waals surface area contributed by atoms with E-state index in [1.807, 2.05) is 0 Å². The maximum absolute atomic E-state index is 14.1. The number of hydrogen-bond donors (Lipinski definition) is 2. The Bertz CT molecular complexity index is 1000. The number of benzene rings is 1. The van der Waals surface area contributed by atoms with Crippen molar-refractivity contribution in [3.8, 4) is 0 Å². The van der Waals surface area contributed by atoms with Crippen LogP contribution in [-0.2, 0) is 17.1 Å². The second kappa shape index (κ2) is 4.50. The molecule has 118 valence electrons. The van der Waals surface area contributed by atoms with Crippen molar-refractivity contribution in [1.29, 1.82) is 0 Å². The molecule has 0 radical (unpaired) electrons. The standard InChI is InChI=1S/C13H14FN3O4S/c1-13(3-4-13)16-22(20,21)10-5-7-9(6-8(10)14)15-12(19)17(2)11(7)18/h5-6,16H,3-4H2,1-2H3,(H,15,19). The van der Waals surface area contributed by atoms with Gasteiger partial charge in [0.2, 0.25) is 10.0 Å². The minimum atomic E-state index is -4.08. The number of nitrogens with one attached hydrogen (secondary N) is 2. The summed E-state index contributed by atoms with van der Waals surface area (Å²) in [7, 11) is -2.83. The highest BCUT2D eigenvalue weighted by Gasteiger charge is 2.42. The van der Waals surface area contributed by atoms with Crippen molar-refractivity contribution in [1.82, 2.24) is 14.3 Å². The third kappa shape index (κ3) is 2.35. The van der Waals surface area contributed by atoms with Gasteiger partial charge in [-0.25, -0.2) is 22.3 Å². The first-order valence-corrected chi connectivity index (χ1v) is 8.08. The molecule has 22 heavy (non-hydrogen) atoms. The van der Waals surface area contributed by atoms with Gasteiger partial charge in [0, 0.05) is 12.6 Å². The summed E-state index contributed by atoms with van der Waals surface area (Å²) in [6.07, 6.45) is 1.35. The monoisotopic (exact) mass is 327 g/mol. The van der Waals surface area contributed by atoms with Crippen molar-refractivity contribution in [3.05, 3.63) is 38.8 Å². The molecule has 0 atom stereocenters. The predicted molar refractivity (Wildman–Crippen MR) is 77.7 cm³/mol. The maximum atomic E-state index is 14.1. The van der Waals surface area contributed by atoms with Crippen molar-refractivity contribution in [2.24, 2.45) is 7.05 Å². The minimum Gasteiger partial charge on any atom is -0.307 e. The lowest BCUT2D eigenvalue weighted by molar-refractivity contribution is 0.541. The van der Waals surface area contributed by atoms with Gasteiger partial charge in [0.1, 0.15) is 10.7 Å². The highest BCUT2D eigenvalue weighted by atomic mass is 32.2. The van der Waals surface area contributed by atoms with Crippen LogP contribution in [0.2, 0.25) is 0 Å². The van der Waals surface area contributed by atoms with E-state index in [2.05, 4.69) is 9.71 Å². The normalized spacial score (nSPS) is 16.9. The number of H-pyrrole nitrogens is 1. The molecule has 1 aliphatic carbocycles. The van der Waals surface area contributed by atoms with Crippen molar-refractivity contribution < 1.29 is 12.8 Å². The van der Waals surface area contributed by atoms with Gasteiger partial charge in [-0.2, -0.15) is 0 Å². The molecule has 1 aromatic heterocycles. The molecule has 1 saturated carbocycles. The summed E-state index contributed by atoms with van der Waals surface area (Å²) in [5.41, 5.74) is -1.98. The number of aromatic nitrogens is 2. The van der Waals surface area contributed by atoms with Gasteiger partial charge >= 0.3 is 5.69 Å². The van der Waals surface area contributed by atoms with E-state index in [-0.39, 0.29) is 10.9 Å². The average molecular weight is 327 g/mol. The van der Waals surface area contributed by atoms with Crippen LogP contribution in [0.15, 0.2) is 26.6 Å². The molecule has 9 heteroatoms. The molecule has 1 heterocycles. The van der Waals surface area contributed by atoms with E-state index in [1.54, 1.807) is 6.92 Å². The van der Waals surface area contributed by atoms with Crippen LogP contribution < -0.4 is 16.0 Å². The van der Waals surface area contributed by atoms with Crippen LogP contribution in [0.4, 0.5) is 4.39 Å². The Labute approximate surface area is 124 Å². The molecule has 0 spiro atoms. The second-order valence-electron chi connectivity index (χ2n) is 5.79. The number of rotatable bonds is 3. The zero-order chi connectivity index (χ0) is 16.3. The maximum Gasteiger partial charge on any atom is 0.328 e. The lowest BCUT2D eigenvalue weighted by Crippen LogP contribution is -2.35. The zero-order valence-electron chi connectivity index (χ0n) is 11.9. The number of hydrogen-bond acceptors (Lipinski definition) is 4. The topological polar surface area (TPSA) is 101 Å². The summed E-state index contributed by atoms with van der Waals surface area (Å²) in [4.78, 5) is 25.3. The van der Waals surface area contributed by atoms with Gasteiger partial charge in [0.05, 0.1) is 10.9 Å². The molecule has 1 aromatic carbocycles. The summed E-state index contributed by atoms with van der Waals surface area (Å²) >= 11 is 0. The Hall–Kier alpha value is -2.00. The van der Waals surface area contributed by atoms with Crippen LogP contribution in [0.25, 0.3) is 10.9 Å². The van der Waals surface area contributed by atoms with Crippen LogP contribution in [0.3, 0.4) is 0 Å². The van der Waals surface area contributed by atoms with Crippen LogP contribution >= 0.6 is 0 Å². The second-order valence-corrected chi connectivity index (χ2v) is 7.44. The first-order chi connectivity index (χ1) is 10.1. The predicted octanol–water partition coefficient (Wildman–Crippen LogP) is 0.197. The van der Waals surface area contributed by atoms with E-state index >= 15 is 0 Å². The quantitative estimate of drug-likeness (QED) is 0.840. The van der Waals surface area contributed by atoms with Gasteiger partial charge in [-0.15, -0.1) is 0 Å². The van der Waals surface area contributed by atoms with Crippen LogP contribution in [-0.4, -0.2) is 23.5 Å². The number of sulfonamides is 1.